The summed E-state index contributed by atoms with van der Waals surface area (Å²) in [5.74, 6) is 0.624. The molecule has 3 aliphatic heterocycles. The highest BCUT2D eigenvalue weighted by Crippen LogP contribution is 2.45. The minimum absolute atomic E-state index is 0.119. The van der Waals surface area contributed by atoms with Crippen LogP contribution in [-0.4, -0.2) is 24.3 Å². The predicted octanol–water partition coefficient (Wildman–Crippen LogP) is 2.57. The molecule has 3 heteroatoms. The summed E-state index contributed by atoms with van der Waals surface area (Å²) in [4.78, 5) is 4.55. The molecular weight excluding hydrogens is 302 g/mol. The Labute approximate surface area is 141 Å². The lowest BCUT2D eigenvalue weighted by atomic mass is 9.79. The van der Waals surface area contributed by atoms with E-state index in [0.29, 0.717) is 12.0 Å². The predicted molar refractivity (Wildman–Crippen MR) is 92.1 cm³/mol. The van der Waals surface area contributed by atoms with E-state index in [1.165, 1.54) is 27.5 Å². The van der Waals surface area contributed by atoms with Gasteiger partial charge >= 0.3 is 0 Å². The Morgan fingerprint density at radius 2 is 1.91 bits per heavy atom. The number of aliphatic hydroxyl groups excluding tert-OH is 1. The van der Waals surface area contributed by atoms with Crippen LogP contribution in [0.3, 0.4) is 0 Å². The van der Waals surface area contributed by atoms with Crippen molar-refractivity contribution in [2.75, 3.05) is 13.1 Å². The second kappa shape index (κ2) is 5.37. The molecular formula is C20H22NOS+. The molecule has 0 aromatic heterocycles. The van der Waals surface area contributed by atoms with Gasteiger partial charge in [0.25, 0.3) is 0 Å². The first-order chi connectivity index (χ1) is 11.3. The number of rotatable bonds is 0. The number of hydrogen-bond donors (Lipinski definition) is 2. The van der Waals surface area contributed by atoms with E-state index in [1.807, 2.05) is 11.8 Å². The van der Waals surface area contributed by atoms with Crippen molar-refractivity contribution >= 4 is 11.8 Å². The van der Waals surface area contributed by atoms with E-state index < -0.39 is 0 Å². The Balaban J connectivity index is 1.66. The maximum Gasteiger partial charge on any atom is 0.116 e. The van der Waals surface area contributed by atoms with Crippen molar-refractivity contribution in [2.24, 2.45) is 0 Å². The quantitative estimate of drug-likeness (QED) is 0.778. The third-order valence-electron chi connectivity index (χ3n) is 5.85. The summed E-state index contributed by atoms with van der Waals surface area (Å²) < 4.78 is 0. The van der Waals surface area contributed by atoms with E-state index in [4.69, 9.17) is 0 Å². The van der Waals surface area contributed by atoms with Gasteiger partial charge in [-0.1, -0.05) is 42.1 Å². The van der Waals surface area contributed by atoms with Gasteiger partial charge in [0.15, 0.2) is 0 Å². The molecule has 2 nitrogen and oxygen atoms in total. The Morgan fingerprint density at radius 1 is 1.04 bits per heavy atom. The topological polar surface area (TPSA) is 24.7 Å². The molecule has 0 radical (unpaired) electrons. The van der Waals surface area contributed by atoms with Crippen molar-refractivity contribution in [3.05, 3.63) is 59.2 Å². The third-order valence-corrected chi connectivity index (χ3v) is 7.04. The van der Waals surface area contributed by atoms with Gasteiger partial charge in [0.05, 0.1) is 19.2 Å². The highest BCUT2D eigenvalue weighted by Gasteiger charge is 2.42. The molecule has 0 saturated carbocycles. The first kappa shape index (κ1) is 14.1. The first-order valence-electron chi connectivity index (χ1n) is 8.71. The molecule has 118 valence electrons. The monoisotopic (exact) mass is 324 g/mol. The SMILES string of the molecule is O[C@H]1CC[NH+]2C[C@@H]3Cc4ccccc4Sc4cccc(c43)[C@H]2C1. The van der Waals surface area contributed by atoms with Crippen LogP contribution in [-0.2, 0) is 6.42 Å². The summed E-state index contributed by atoms with van der Waals surface area (Å²) in [5.41, 5.74) is 4.59. The number of benzene rings is 2. The molecule has 3 heterocycles. The molecule has 1 fully saturated rings. The zero-order valence-corrected chi connectivity index (χ0v) is 14.0. The highest BCUT2D eigenvalue weighted by molar-refractivity contribution is 7.99. The van der Waals surface area contributed by atoms with Crippen molar-refractivity contribution < 1.29 is 10.0 Å². The summed E-state index contributed by atoms with van der Waals surface area (Å²) >= 11 is 1.94. The number of quaternary nitrogens is 1. The van der Waals surface area contributed by atoms with E-state index in [0.717, 1.165) is 25.8 Å². The molecule has 3 aliphatic rings. The van der Waals surface area contributed by atoms with Crippen molar-refractivity contribution in [1.29, 1.82) is 0 Å². The van der Waals surface area contributed by atoms with Crippen LogP contribution >= 0.6 is 11.8 Å². The summed E-state index contributed by atoms with van der Waals surface area (Å²) in [5, 5.41) is 10.2. The largest absolute Gasteiger partial charge is 0.393 e. The third kappa shape index (κ3) is 2.25. The second-order valence-corrected chi connectivity index (χ2v) is 8.30. The van der Waals surface area contributed by atoms with E-state index in [9.17, 15) is 5.11 Å². The molecule has 23 heavy (non-hydrogen) atoms. The molecule has 2 aromatic carbocycles. The fourth-order valence-corrected chi connectivity index (χ4v) is 6.02. The minimum atomic E-state index is -0.119. The Hall–Kier alpha value is -1.29. The Morgan fingerprint density at radius 3 is 2.87 bits per heavy atom. The van der Waals surface area contributed by atoms with Crippen LogP contribution in [0.1, 0.15) is 41.5 Å². The van der Waals surface area contributed by atoms with Gasteiger partial charge in [-0.3, -0.25) is 0 Å². The minimum Gasteiger partial charge on any atom is -0.393 e. The lowest BCUT2D eigenvalue weighted by Crippen LogP contribution is -3.14. The van der Waals surface area contributed by atoms with Crippen molar-refractivity contribution in [3.63, 3.8) is 0 Å². The van der Waals surface area contributed by atoms with Gasteiger partial charge in [0, 0.05) is 34.1 Å². The normalized spacial score (nSPS) is 31.5. The van der Waals surface area contributed by atoms with Gasteiger partial charge in [-0.15, -0.1) is 0 Å². The van der Waals surface area contributed by atoms with Crippen molar-refractivity contribution in [3.8, 4) is 0 Å². The maximum atomic E-state index is 10.2. The van der Waals surface area contributed by atoms with Crippen LogP contribution < -0.4 is 4.90 Å². The number of hydrogen-bond acceptors (Lipinski definition) is 2. The molecule has 2 N–H and O–H groups in total. The van der Waals surface area contributed by atoms with Gasteiger partial charge in [-0.05, 0) is 29.7 Å². The molecule has 2 aromatic rings. The van der Waals surface area contributed by atoms with Gasteiger partial charge in [0.2, 0.25) is 0 Å². The van der Waals surface area contributed by atoms with E-state index in [1.54, 1.807) is 10.5 Å². The average molecular weight is 324 g/mol. The Bertz CT molecular complexity index is 759. The van der Waals surface area contributed by atoms with Gasteiger partial charge < -0.3 is 10.0 Å². The van der Waals surface area contributed by atoms with E-state index >= 15 is 0 Å². The standard InChI is InChI=1S/C20H21NOS/c22-15-8-9-21-12-14-10-13-4-1-2-6-18(13)23-19-7-3-5-16(20(14)19)17(21)11-15/h1-7,14-15,17,22H,8-12H2/p+1/t14-,15-,17+/m0/s1. The smallest absolute Gasteiger partial charge is 0.116 e. The fourth-order valence-electron chi connectivity index (χ4n) is 4.81. The van der Waals surface area contributed by atoms with Crippen molar-refractivity contribution in [1.82, 2.24) is 0 Å². The Kier molecular flexibility index (Phi) is 3.29. The van der Waals surface area contributed by atoms with Gasteiger partial charge in [-0.25, -0.2) is 0 Å². The molecule has 4 atom stereocenters. The van der Waals surface area contributed by atoms with Gasteiger partial charge in [0.1, 0.15) is 6.04 Å². The summed E-state index contributed by atoms with van der Waals surface area (Å²) in [6, 6.07) is 16.2. The number of piperidine rings is 1. The van der Waals surface area contributed by atoms with Crippen LogP contribution in [0.5, 0.6) is 0 Å². The summed E-state index contributed by atoms with van der Waals surface area (Å²) in [7, 11) is 0. The molecule has 5 rings (SSSR count). The van der Waals surface area contributed by atoms with E-state index in [2.05, 4.69) is 42.5 Å². The highest BCUT2D eigenvalue weighted by atomic mass is 32.2. The zero-order chi connectivity index (χ0) is 15.4. The summed E-state index contributed by atoms with van der Waals surface area (Å²) in [6.07, 6.45) is 2.92. The molecule has 0 aliphatic carbocycles. The average Bonchev–Trinajstić information content (AvgIpc) is 2.73. The number of nitrogens with one attached hydrogen (secondary N) is 1. The first-order valence-corrected chi connectivity index (χ1v) is 9.52. The molecule has 0 bridgehead atoms. The van der Waals surface area contributed by atoms with Crippen LogP contribution in [0.15, 0.2) is 52.3 Å². The van der Waals surface area contributed by atoms with E-state index in [-0.39, 0.29) is 6.10 Å². The summed E-state index contributed by atoms with van der Waals surface area (Å²) in [6.45, 7) is 2.33. The van der Waals surface area contributed by atoms with Crippen LogP contribution in [0.4, 0.5) is 0 Å². The zero-order valence-electron chi connectivity index (χ0n) is 13.2. The second-order valence-electron chi connectivity index (χ2n) is 7.21. The lowest BCUT2D eigenvalue weighted by Gasteiger charge is -2.42. The molecule has 0 amide bonds. The van der Waals surface area contributed by atoms with Crippen LogP contribution in [0.2, 0.25) is 0 Å². The molecule has 1 saturated heterocycles. The molecule has 0 spiro atoms. The maximum absolute atomic E-state index is 10.2. The van der Waals surface area contributed by atoms with Crippen LogP contribution in [0, 0.1) is 0 Å². The number of fused-ring (bicyclic) bond motifs is 3. The van der Waals surface area contributed by atoms with Crippen LogP contribution in [0.25, 0.3) is 0 Å². The van der Waals surface area contributed by atoms with Gasteiger partial charge in [-0.2, -0.15) is 0 Å². The number of aliphatic hydroxyl groups is 1. The lowest BCUT2D eigenvalue weighted by molar-refractivity contribution is -0.942. The molecule has 1 unspecified atom stereocenters. The van der Waals surface area contributed by atoms with Crippen molar-refractivity contribution in [2.45, 2.75) is 47.1 Å². The fraction of sp³-hybridized carbons (Fsp3) is 0.400.